The lowest BCUT2D eigenvalue weighted by Gasteiger charge is -2.16. The van der Waals surface area contributed by atoms with E-state index < -0.39 is 35.0 Å². The first kappa shape index (κ1) is 25.7. The monoisotopic (exact) mass is 493 g/mol. The molecule has 12 heteroatoms. The highest BCUT2D eigenvalue weighted by Crippen LogP contribution is 2.34. The van der Waals surface area contributed by atoms with Crippen molar-refractivity contribution in [3.63, 3.8) is 0 Å². The first-order valence-electron chi connectivity index (χ1n) is 10.4. The molecule has 0 unspecified atom stereocenters. The highest BCUT2D eigenvalue weighted by molar-refractivity contribution is 6.04. The maximum Gasteiger partial charge on any atom is 0.491 e. The van der Waals surface area contributed by atoms with E-state index in [9.17, 15) is 37.5 Å². The smallest absolute Gasteiger partial charge is 0.477 e. The molecule has 3 aromatic rings. The molecule has 0 radical (unpaired) electrons. The summed E-state index contributed by atoms with van der Waals surface area (Å²) in [6.45, 7) is 3.43. The van der Waals surface area contributed by atoms with Crippen LogP contribution in [0.5, 0.6) is 5.75 Å². The minimum atomic E-state index is -5.40. The Labute approximate surface area is 196 Å². The first-order chi connectivity index (χ1) is 16.3. The number of carbonyl (C=O) groups excluding carboxylic acids is 2. The number of nitrogens with zero attached hydrogens (tertiary/aromatic N) is 1. The summed E-state index contributed by atoms with van der Waals surface area (Å²) in [6.07, 6.45) is -5.47. The Morgan fingerprint density at radius 2 is 1.80 bits per heavy atom. The van der Waals surface area contributed by atoms with Gasteiger partial charge in [0.05, 0.1) is 17.9 Å². The van der Waals surface area contributed by atoms with Crippen LogP contribution in [-0.4, -0.2) is 64.5 Å². The van der Waals surface area contributed by atoms with E-state index in [1.165, 1.54) is 6.92 Å². The second-order valence-corrected chi connectivity index (χ2v) is 8.10. The van der Waals surface area contributed by atoms with Crippen LogP contribution in [0.25, 0.3) is 22.2 Å². The van der Waals surface area contributed by atoms with Gasteiger partial charge in [0.2, 0.25) is 0 Å². The lowest BCUT2D eigenvalue weighted by Crippen LogP contribution is -2.31. The predicted octanol–water partition coefficient (Wildman–Crippen LogP) is 3.30. The summed E-state index contributed by atoms with van der Waals surface area (Å²) in [5, 5.41) is 10.1. The average Bonchev–Trinajstić information content (AvgIpc) is 3.08. The molecule has 0 saturated carbocycles. The number of Topliss-reactive ketones (excluding diaryl/α,β-unsaturated/α-hetero) is 1. The molecule has 0 atom stereocenters. The Bertz CT molecular complexity index is 1400. The van der Waals surface area contributed by atoms with Crippen molar-refractivity contribution in [1.82, 2.24) is 14.9 Å². The van der Waals surface area contributed by atoms with Crippen LogP contribution in [0.3, 0.4) is 0 Å². The van der Waals surface area contributed by atoms with Crippen LogP contribution < -0.4 is 10.3 Å². The zero-order chi connectivity index (χ0) is 26.2. The number of halogens is 3. The van der Waals surface area contributed by atoms with Gasteiger partial charge in [-0.25, -0.2) is 9.59 Å². The molecule has 0 amide bonds. The number of aromatic carboxylic acids is 1. The number of carboxylic acid groups (broad SMARTS) is 1. The zero-order valence-corrected chi connectivity index (χ0v) is 19.2. The van der Waals surface area contributed by atoms with E-state index in [0.29, 0.717) is 27.7 Å². The quantitative estimate of drug-likeness (QED) is 0.340. The van der Waals surface area contributed by atoms with Gasteiger partial charge in [-0.3, -0.25) is 9.59 Å². The molecule has 0 saturated heterocycles. The summed E-state index contributed by atoms with van der Waals surface area (Å²) in [5.74, 6) is -5.62. The fourth-order valence-corrected chi connectivity index (χ4v) is 3.80. The number of H-pyrrole nitrogens is 2. The minimum Gasteiger partial charge on any atom is -0.477 e. The van der Waals surface area contributed by atoms with E-state index in [1.807, 2.05) is 0 Å². The maximum atomic E-state index is 12.8. The van der Waals surface area contributed by atoms with E-state index >= 15 is 0 Å². The molecule has 2 heterocycles. The highest BCUT2D eigenvalue weighted by atomic mass is 19.4. The van der Waals surface area contributed by atoms with Crippen molar-refractivity contribution in [3.05, 3.63) is 50.9 Å². The Morgan fingerprint density at radius 3 is 2.34 bits per heavy atom. The summed E-state index contributed by atoms with van der Waals surface area (Å²) in [6, 6.07) is 4.78. The number of carbonyl (C=O) groups is 3. The molecule has 0 spiro atoms. The number of benzene rings is 1. The second-order valence-electron chi connectivity index (χ2n) is 8.10. The van der Waals surface area contributed by atoms with Gasteiger partial charge in [0.1, 0.15) is 0 Å². The number of pyridine rings is 1. The van der Waals surface area contributed by atoms with Crippen LogP contribution in [-0.2, 0) is 11.2 Å². The van der Waals surface area contributed by atoms with E-state index in [2.05, 4.69) is 14.7 Å². The van der Waals surface area contributed by atoms with E-state index in [-0.39, 0.29) is 30.0 Å². The van der Waals surface area contributed by atoms with Crippen LogP contribution >= 0.6 is 0 Å². The summed E-state index contributed by atoms with van der Waals surface area (Å²) in [4.78, 5) is 55.3. The number of fused-ring (bicyclic) bond motifs is 1. The van der Waals surface area contributed by atoms with Crippen LogP contribution in [0.15, 0.2) is 23.0 Å². The Kier molecular flexibility index (Phi) is 6.88. The van der Waals surface area contributed by atoms with Gasteiger partial charge in [0.15, 0.2) is 17.1 Å². The summed E-state index contributed by atoms with van der Waals surface area (Å²) in [5.41, 5.74) is -0.564. The lowest BCUT2D eigenvalue weighted by molar-refractivity contribution is -0.189. The molecule has 0 aliphatic rings. The van der Waals surface area contributed by atoms with Crippen molar-refractivity contribution in [2.75, 3.05) is 20.6 Å². The largest absolute Gasteiger partial charge is 0.491 e. The molecule has 1 aromatic carbocycles. The third-order valence-corrected chi connectivity index (χ3v) is 5.35. The van der Waals surface area contributed by atoms with Crippen molar-refractivity contribution in [2.45, 2.75) is 26.4 Å². The third kappa shape index (κ3) is 4.97. The summed E-state index contributed by atoms with van der Waals surface area (Å²) in [7, 11) is 3.50. The summed E-state index contributed by atoms with van der Waals surface area (Å²) < 4.78 is 42.9. The molecule has 3 N–H and O–H groups in total. The molecule has 9 nitrogen and oxygen atoms in total. The van der Waals surface area contributed by atoms with E-state index in [1.54, 1.807) is 44.1 Å². The minimum absolute atomic E-state index is 0.0113. The molecule has 0 aliphatic heterocycles. The second kappa shape index (κ2) is 9.37. The van der Waals surface area contributed by atoms with Crippen LogP contribution in [0.4, 0.5) is 13.2 Å². The first-order valence-corrected chi connectivity index (χ1v) is 10.4. The Hall–Kier alpha value is -3.93. The predicted molar refractivity (Wildman–Crippen MR) is 120 cm³/mol. The molecule has 0 bridgehead atoms. The van der Waals surface area contributed by atoms with Crippen molar-refractivity contribution in [3.8, 4) is 17.0 Å². The number of nitrogens with one attached hydrogen (secondary N) is 2. The topological polar surface area (TPSA) is 133 Å². The van der Waals surface area contributed by atoms with Gasteiger partial charge in [0, 0.05) is 22.0 Å². The molecule has 0 fully saturated rings. The lowest BCUT2D eigenvalue weighted by atomic mass is 9.99. The molecular weight excluding hydrogens is 471 g/mol. The number of aryl methyl sites for hydroxylation is 1. The fraction of sp³-hybridized carbons (Fsp3) is 0.304. The van der Waals surface area contributed by atoms with Crippen molar-refractivity contribution in [2.24, 2.45) is 0 Å². The number of rotatable bonds is 7. The summed E-state index contributed by atoms with van der Waals surface area (Å²) >= 11 is 0. The van der Waals surface area contributed by atoms with Gasteiger partial charge in [-0.05, 0) is 39.1 Å². The standard InChI is InChI=1S/C23H22F3N3O6/c1-5-12-18(28-20(31)16(21(32)33)19(12)35-22(34)23(24,25)26)11-6-7-13-10(2)17(27-14(13)8-11)15(30)9-29(3)4/h6-8,27H,5,9H2,1-4H3,(H,28,31)(H,32,33). The van der Waals surface area contributed by atoms with Crippen molar-refractivity contribution >= 4 is 28.6 Å². The van der Waals surface area contributed by atoms with E-state index in [4.69, 9.17) is 0 Å². The molecule has 186 valence electrons. The van der Waals surface area contributed by atoms with Gasteiger partial charge in [-0.15, -0.1) is 0 Å². The number of hydrogen-bond donors (Lipinski definition) is 3. The number of aromatic nitrogens is 2. The third-order valence-electron chi connectivity index (χ3n) is 5.35. The Morgan fingerprint density at radius 1 is 1.14 bits per heavy atom. The van der Waals surface area contributed by atoms with Gasteiger partial charge >= 0.3 is 18.1 Å². The van der Waals surface area contributed by atoms with E-state index in [0.717, 1.165) is 0 Å². The maximum absolute atomic E-state index is 12.8. The number of ketones is 1. The normalized spacial score (nSPS) is 11.8. The van der Waals surface area contributed by atoms with Crippen LogP contribution in [0, 0.1) is 6.92 Å². The number of hydrogen-bond acceptors (Lipinski definition) is 6. The number of ether oxygens (including phenoxy) is 1. The molecule has 3 rings (SSSR count). The molecular formula is C23H22F3N3O6. The number of esters is 1. The highest BCUT2D eigenvalue weighted by Gasteiger charge is 2.43. The molecule has 35 heavy (non-hydrogen) atoms. The number of alkyl halides is 3. The molecule has 2 aromatic heterocycles. The van der Waals surface area contributed by atoms with Gasteiger partial charge in [-0.2, -0.15) is 13.2 Å². The fourth-order valence-electron chi connectivity index (χ4n) is 3.80. The zero-order valence-electron chi connectivity index (χ0n) is 19.2. The van der Waals surface area contributed by atoms with Gasteiger partial charge in [0.25, 0.3) is 5.56 Å². The Balaban J connectivity index is 2.23. The van der Waals surface area contributed by atoms with Gasteiger partial charge in [-0.1, -0.05) is 19.1 Å². The number of aromatic amines is 2. The van der Waals surface area contributed by atoms with Crippen molar-refractivity contribution in [1.29, 1.82) is 0 Å². The van der Waals surface area contributed by atoms with Crippen molar-refractivity contribution < 1.29 is 37.4 Å². The SMILES string of the molecule is CCc1c(-c2ccc3c(C)c(C(=O)CN(C)C)[nH]c3c2)[nH]c(=O)c(C(=O)O)c1OC(=O)C(F)(F)F. The average molecular weight is 493 g/mol. The van der Waals surface area contributed by atoms with Crippen LogP contribution in [0.1, 0.15) is 38.9 Å². The molecule has 0 aliphatic carbocycles. The van der Waals surface area contributed by atoms with Gasteiger partial charge < -0.3 is 24.7 Å². The van der Waals surface area contributed by atoms with Crippen LogP contribution in [0.2, 0.25) is 0 Å². The number of carboxylic acids is 1. The number of likely N-dealkylation sites (N-methyl/N-ethyl adjacent to an activating group) is 1.